The van der Waals surface area contributed by atoms with Crippen LogP contribution in [-0.4, -0.2) is 34.7 Å². The molecule has 4 nitrogen and oxygen atoms in total. The number of benzene rings is 2. The van der Waals surface area contributed by atoms with E-state index in [4.69, 9.17) is 9.84 Å². The van der Waals surface area contributed by atoms with Crippen molar-refractivity contribution >= 4 is 16.7 Å². The van der Waals surface area contributed by atoms with Crippen molar-refractivity contribution < 1.29 is 14.6 Å². The molecule has 1 aliphatic carbocycles. The predicted octanol–water partition coefficient (Wildman–Crippen LogP) is 5.48. The zero-order valence-electron chi connectivity index (χ0n) is 17.7. The van der Waals surface area contributed by atoms with E-state index in [1.807, 2.05) is 0 Å². The highest BCUT2D eigenvalue weighted by atomic mass is 16.5. The first-order valence-electron chi connectivity index (χ1n) is 11.1. The highest BCUT2D eigenvalue weighted by Gasteiger charge is 2.35. The number of ether oxygens (including phenoxy) is 1. The minimum atomic E-state index is -0.648. The smallest absolute Gasteiger partial charge is 0.306 e. The molecule has 1 aliphatic heterocycles. The van der Waals surface area contributed by atoms with Gasteiger partial charge in [-0.05, 0) is 92.6 Å². The van der Waals surface area contributed by atoms with Crippen LogP contribution in [0.15, 0.2) is 36.4 Å². The van der Waals surface area contributed by atoms with Crippen molar-refractivity contribution in [3.05, 3.63) is 42.0 Å². The largest absolute Gasteiger partial charge is 0.487 e. The molecule has 2 unspecified atom stereocenters. The number of likely N-dealkylation sites (tertiary alicyclic amines) is 1. The molecule has 0 aromatic heterocycles. The van der Waals surface area contributed by atoms with Gasteiger partial charge in [0, 0.05) is 6.54 Å². The van der Waals surface area contributed by atoms with Gasteiger partial charge in [-0.1, -0.05) is 31.5 Å². The summed E-state index contributed by atoms with van der Waals surface area (Å²) in [6.45, 7) is 7.18. The lowest BCUT2D eigenvalue weighted by molar-refractivity contribution is -0.143. The standard InChI is InChI=1S/C25H33NO3/c1-18-5-3-4-12-25(18,2)29-23-9-8-21-15-19(6-7-22(21)16-23)17-26-13-10-20(11-14-26)24(27)28/h6-9,15-16,18,20H,3-5,10-14,17H2,1-2H3,(H,27,28). The maximum atomic E-state index is 11.1. The molecule has 0 spiro atoms. The van der Waals surface area contributed by atoms with Crippen molar-refractivity contribution in [3.63, 3.8) is 0 Å². The van der Waals surface area contributed by atoms with Crippen LogP contribution in [-0.2, 0) is 11.3 Å². The summed E-state index contributed by atoms with van der Waals surface area (Å²) in [5.41, 5.74) is 1.22. The van der Waals surface area contributed by atoms with E-state index in [0.717, 1.165) is 44.6 Å². The lowest BCUT2D eigenvalue weighted by Gasteiger charge is -2.40. The Bertz CT molecular complexity index is 871. The Morgan fingerprint density at radius 1 is 1.10 bits per heavy atom. The van der Waals surface area contributed by atoms with Gasteiger partial charge >= 0.3 is 5.97 Å². The second kappa shape index (κ2) is 8.35. The molecule has 29 heavy (non-hydrogen) atoms. The lowest BCUT2D eigenvalue weighted by Crippen LogP contribution is -2.41. The van der Waals surface area contributed by atoms with Gasteiger partial charge in [0.2, 0.25) is 0 Å². The van der Waals surface area contributed by atoms with Crippen LogP contribution in [0.25, 0.3) is 10.8 Å². The van der Waals surface area contributed by atoms with Crippen LogP contribution in [0, 0.1) is 11.8 Å². The quantitative estimate of drug-likeness (QED) is 0.728. The maximum absolute atomic E-state index is 11.1. The fourth-order valence-corrected chi connectivity index (χ4v) is 4.93. The van der Waals surface area contributed by atoms with Gasteiger partial charge in [0.25, 0.3) is 0 Å². The second-order valence-electron chi connectivity index (χ2n) is 9.29. The van der Waals surface area contributed by atoms with E-state index in [1.54, 1.807) is 0 Å². The highest BCUT2D eigenvalue weighted by molar-refractivity contribution is 5.84. The van der Waals surface area contributed by atoms with E-state index in [0.29, 0.717) is 5.92 Å². The van der Waals surface area contributed by atoms with Crippen LogP contribution in [0.3, 0.4) is 0 Å². The molecule has 1 saturated heterocycles. The number of hydrogen-bond acceptors (Lipinski definition) is 3. The Morgan fingerprint density at radius 3 is 2.55 bits per heavy atom. The summed E-state index contributed by atoms with van der Waals surface area (Å²) in [4.78, 5) is 13.5. The summed E-state index contributed by atoms with van der Waals surface area (Å²) in [7, 11) is 0. The number of nitrogens with zero attached hydrogens (tertiary/aromatic N) is 1. The van der Waals surface area contributed by atoms with Crippen LogP contribution in [0.2, 0.25) is 0 Å². The molecule has 1 heterocycles. The molecule has 2 aromatic carbocycles. The highest BCUT2D eigenvalue weighted by Crippen LogP contribution is 2.38. The Balaban J connectivity index is 1.43. The molecular weight excluding hydrogens is 362 g/mol. The van der Waals surface area contributed by atoms with Gasteiger partial charge in [-0.15, -0.1) is 0 Å². The van der Waals surface area contributed by atoms with Crippen molar-refractivity contribution in [1.29, 1.82) is 0 Å². The molecular formula is C25H33NO3. The maximum Gasteiger partial charge on any atom is 0.306 e. The number of carbonyl (C=O) groups is 1. The third kappa shape index (κ3) is 4.58. The van der Waals surface area contributed by atoms with E-state index in [9.17, 15) is 4.79 Å². The molecule has 156 valence electrons. The van der Waals surface area contributed by atoms with Gasteiger partial charge in [-0.2, -0.15) is 0 Å². The Labute approximate surface area is 173 Å². The molecule has 2 aromatic rings. The summed E-state index contributed by atoms with van der Waals surface area (Å²) >= 11 is 0. The minimum Gasteiger partial charge on any atom is -0.487 e. The first-order valence-corrected chi connectivity index (χ1v) is 11.1. The molecule has 0 radical (unpaired) electrons. The number of piperidine rings is 1. The van der Waals surface area contributed by atoms with E-state index < -0.39 is 5.97 Å². The van der Waals surface area contributed by atoms with Crippen LogP contribution in [0.4, 0.5) is 0 Å². The summed E-state index contributed by atoms with van der Waals surface area (Å²) in [6.07, 6.45) is 6.44. The number of rotatable bonds is 5. The van der Waals surface area contributed by atoms with Crippen molar-refractivity contribution in [3.8, 4) is 5.75 Å². The van der Waals surface area contributed by atoms with Crippen molar-refractivity contribution in [2.75, 3.05) is 13.1 Å². The SMILES string of the molecule is CC1CCCCC1(C)Oc1ccc2cc(CN3CCC(C(=O)O)CC3)ccc2c1. The van der Waals surface area contributed by atoms with Crippen LogP contribution in [0.1, 0.15) is 57.9 Å². The molecule has 2 atom stereocenters. The summed E-state index contributed by atoms with van der Waals surface area (Å²) < 4.78 is 6.49. The zero-order chi connectivity index (χ0) is 20.4. The van der Waals surface area contributed by atoms with Crippen LogP contribution < -0.4 is 4.74 Å². The number of carboxylic acids is 1. The number of hydrogen-bond donors (Lipinski definition) is 1. The molecule has 2 fully saturated rings. The molecule has 0 amide bonds. The van der Waals surface area contributed by atoms with Crippen LogP contribution in [0.5, 0.6) is 5.75 Å². The van der Waals surface area contributed by atoms with E-state index in [2.05, 4.69) is 55.1 Å². The molecule has 1 N–H and O–H groups in total. The van der Waals surface area contributed by atoms with E-state index in [-0.39, 0.29) is 11.5 Å². The van der Waals surface area contributed by atoms with Gasteiger partial charge in [-0.3, -0.25) is 9.69 Å². The van der Waals surface area contributed by atoms with Gasteiger partial charge in [0.1, 0.15) is 11.4 Å². The van der Waals surface area contributed by atoms with Crippen molar-refractivity contribution in [2.24, 2.45) is 11.8 Å². The molecule has 2 aliphatic rings. The Kier molecular flexibility index (Phi) is 5.82. The molecule has 1 saturated carbocycles. The zero-order valence-corrected chi connectivity index (χ0v) is 17.7. The van der Waals surface area contributed by atoms with Gasteiger partial charge in [0.15, 0.2) is 0 Å². The third-order valence-electron chi connectivity index (χ3n) is 7.17. The van der Waals surface area contributed by atoms with Crippen LogP contribution >= 0.6 is 0 Å². The van der Waals surface area contributed by atoms with E-state index >= 15 is 0 Å². The fraction of sp³-hybridized carbons (Fsp3) is 0.560. The number of aliphatic carboxylic acids is 1. The summed E-state index contributed by atoms with van der Waals surface area (Å²) in [6, 6.07) is 13.1. The summed E-state index contributed by atoms with van der Waals surface area (Å²) in [5, 5.41) is 11.6. The van der Waals surface area contributed by atoms with Crippen molar-refractivity contribution in [2.45, 2.75) is 64.5 Å². The number of carboxylic acid groups (broad SMARTS) is 1. The average Bonchev–Trinajstić information content (AvgIpc) is 2.71. The lowest BCUT2D eigenvalue weighted by atomic mass is 9.77. The number of fused-ring (bicyclic) bond motifs is 1. The topological polar surface area (TPSA) is 49.8 Å². The minimum absolute atomic E-state index is 0.0616. The molecule has 0 bridgehead atoms. The Hall–Kier alpha value is -2.07. The van der Waals surface area contributed by atoms with Gasteiger partial charge in [-0.25, -0.2) is 0 Å². The monoisotopic (exact) mass is 395 g/mol. The Morgan fingerprint density at radius 2 is 1.83 bits per heavy atom. The molecule has 4 heteroatoms. The average molecular weight is 396 g/mol. The predicted molar refractivity (Wildman–Crippen MR) is 116 cm³/mol. The van der Waals surface area contributed by atoms with Gasteiger partial charge in [0.05, 0.1) is 5.92 Å². The second-order valence-corrected chi connectivity index (χ2v) is 9.29. The summed E-state index contributed by atoms with van der Waals surface area (Å²) in [5.74, 6) is 0.733. The van der Waals surface area contributed by atoms with Crippen molar-refractivity contribution in [1.82, 2.24) is 4.90 Å². The van der Waals surface area contributed by atoms with E-state index in [1.165, 1.54) is 35.6 Å². The third-order valence-corrected chi connectivity index (χ3v) is 7.17. The molecule has 4 rings (SSSR count). The van der Waals surface area contributed by atoms with Gasteiger partial charge < -0.3 is 9.84 Å². The fourth-order valence-electron chi connectivity index (χ4n) is 4.93. The first-order chi connectivity index (χ1) is 13.9. The first kappa shape index (κ1) is 20.2. The normalized spacial score (nSPS) is 26.5.